The van der Waals surface area contributed by atoms with E-state index in [2.05, 4.69) is 5.32 Å². The molecule has 0 unspecified atom stereocenters. The molecule has 0 saturated heterocycles. The number of carbonyl (C=O) groups is 1. The van der Waals surface area contributed by atoms with E-state index < -0.39 is 11.5 Å². The van der Waals surface area contributed by atoms with Crippen molar-refractivity contribution in [2.75, 3.05) is 6.54 Å². The van der Waals surface area contributed by atoms with Crippen LogP contribution < -0.4 is 5.32 Å². The van der Waals surface area contributed by atoms with Crippen LogP contribution in [0, 0.1) is 11.3 Å². The highest BCUT2D eigenvalue weighted by Crippen LogP contribution is 1.99. The first-order valence-corrected chi connectivity index (χ1v) is 3.36. The zero-order valence-corrected chi connectivity index (χ0v) is 6.72. The Bertz CT molecular complexity index is 176. The molecule has 0 aliphatic rings. The van der Waals surface area contributed by atoms with E-state index >= 15 is 0 Å². The van der Waals surface area contributed by atoms with Crippen LogP contribution >= 0.6 is 0 Å². The fourth-order valence-electron chi connectivity index (χ4n) is 0.448. The van der Waals surface area contributed by atoms with Crippen LogP contribution in [-0.2, 0) is 4.79 Å². The summed E-state index contributed by atoms with van der Waals surface area (Å²) in [6.45, 7) is 3.09. The van der Waals surface area contributed by atoms with Crippen molar-refractivity contribution < 1.29 is 9.90 Å². The predicted molar refractivity (Wildman–Crippen MR) is 39.5 cm³/mol. The molecule has 0 atom stereocenters. The van der Waals surface area contributed by atoms with Crippen LogP contribution in [0.5, 0.6) is 0 Å². The Balaban J connectivity index is 3.64. The lowest BCUT2D eigenvalue weighted by molar-refractivity contribution is -0.136. The van der Waals surface area contributed by atoms with Gasteiger partial charge in [-0.2, -0.15) is 5.26 Å². The Hall–Kier alpha value is -1.08. The van der Waals surface area contributed by atoms with Crippen LogP contribution in [-0.4, -0.2) is 23.2 Å². The molecule has 0 rings (SSSR count). The van der Waals surface area contributed by atoms with Gasteiger partial charge in [-0.15, -0.1) is 0 Å². The second-order valence-corrected chi connectivity index (χ2v) is 2.72. The summed E-state index contributed by atoms with van der Waals surface area (Å²) in [4.78, 5) is 10.9. The number of hydrogen-bond acceptors (Lipinski definition) is 3. The van der Waals surface area contributed by atoms with E-state index in [1.165, 1.54) is 13.8 Å². The number of nitrogens with one attached hydrogen (secondary N) is 1. The van der Waals surface area contributed by atoms with Gasteiger partial charge >= 0.3 is 0 Å². The summed E-state index contributed by atoms with van der Waals surface area (Å²) in [5.41, 5.74) is -1.35. The maximum Gasteiger partial charge on any atom is 0.251 e. The molecule has 0 aliphatic heterocycles. The van der Waals surface area contributed by atoms with Crippen LogP contribution in [0.4, 0.5) is 0 Å². The van der Waals surface area contributed by atoms with Gasteiger partial charge in [0, 0.05) is 6.54 Å². The van der Waals surface area contributed by atoms with Gasteiger partial charge in [0.05, 0.1) is 12.5 Å². The smallest absolute Gasteiger partial charge is 0.251 e. The molecular weight excluding hydrogens is 144 g/mol. The molecule has 62 valence electrons. The van der Waals surface area contributed by atoms with E-state index in [1.807, 2.05) is 6.07 Å². The molecule has 11 heavy (non-hydrogen) atoms. The summed E-state index contributed by atoms with van der Waals surface area (Å²) in [5, 5.41) is 19.6. The maximum absolute atomic E-state index is 10.9. The molecule has 2 N–H and O–H groups in total. The van der Waals surface area contributed by atoms with E-state index in [1.54, 1.807) is 0 Å². The number of nitrogens with zero attached hydrogens (tertiary/aromatic N) is 1. The third-order valence-electron chi connectivity index (χ3n) is 1.08. The van der Waals surface area contributed by atoms with Gasteiger partial charge in [0.2, 0.25) is 0 Å². The summed E-state index contributed by atoms with van der Waals surface area (Å²) in [6, 6.07) is 1.88. The maximum atomic E-state index is 10.9. The van der Waals surface area contributed by atoms with E-state index in [-0.39, 0.29) is 6.42 Å². The first kappa shape index (κ1) is 9.92. The minimum atomic E-state index is -1.35. The second-order valence-electron chi connectivity index (χ2n) is 2.72. The lowest BCUT2D eigenvalue weighted by atomic mass is 10.1. The van der Waals surface area contributed by atoms with Crippen molar-refractivity contribution in [1.82, 2.24) is 5.32 Å². The third kappa shape index (κ3) is 4.34. The van der Waals surface area contributed by atoms with E-state index in [9.17, 15) is 4.79 Å². The van der Waals surface area contributed by atoms with Crippen LogP contribution in [0.25, 0.3) is 0 Å². The monoisotopic (exact) mass is 156 g/mol. The number of aliphatic hydroxyl groups is 1. The van der Waals surface area contributed by atoms with Crippen molar-refractivity contribution in [1.29, 1.82) is 5.26 Å². The molecule has 0 saturated carbocycles. The molecule has 0 aromatic rings. The number of hydrogen-bond donors (Lipinski definition) is 2. The topological polar surface area (TPSA) is 73.1 Å². The summed E-state index contributed by atoms with van der Waals surface area (Å²) >= 11 is 0. The Labute approximate surface area is 65.8 Å². The Kier molecular flexibility index (Phi) is 3.55. The van der Waals surface area contributed by atoms with Crippen LogP contribution in [0.3, 0.4) is 0 Å². The van der Waals surface area contributed by atoms with Gasteiger partial charge < -0.3 is 10.4 Å². The zero-order valence-electron chi connectivity index (χ0n) is 6.72. The Morgan fingerprint density at radius 2 is 2.27 bits per heavy atom. The number of amides is 1. The van der Waals surface area contributed by atoms with Crippen molar-refractivity contribution in [2.45, 2.75) is 25.9 Å². The van der Waals surface area contributed by atoms with Gasteiger partial charge in [-0.25, -0.2) is 0 Å². The summed E-state index contributed by atoms with van der Waals surface area (Å²) < 4.78 is 0. The molecule has 0 aliphatic carbocycles. The molecule has 0 bridgehead atoms. The molecule has 4 heteroatoms. The van der Waals surface area contributed by atoms with Crippen molar-refractivity contribution in [2.24, 2.45) is 0 Å². The summed E-state index contributed by atoms with van der Waals surface area (Å²) in [7, 11) is 0. The highest BCUT2D eigenvalue weighted by molar-refractivity contribution is 5.83. The minimum Gasteiger partial charge on any atom is -0.381 e. The van der Waals surface area contributed by atoms with Gasteiger partial charge in [0.15, 0.2) is 0 Å². The van der Waals surface area contributed by atoms with Crippen molar-refractivity contribution in [3.05, 3.63) is 0 Å². The van der Waals surface area contributed by atoms with Crippen LogP contribution in [0.15, 0.2) is 0 Å². The fourth-order valence-corrected chi connectivity index (χ4v) is 0.448. The van der Waals surface area contributed by atoms with E-state index in [0.29, 0.717) is 6.54 Å². The molecule has 0 spiro atoms. The van der Waals surface area contributed by atoms with E-state index in [4.69, 9.17) is 10.4 Å². The van der Waals surface area contributed by atoms with Crippen molar-refractivity contribution >= 4 is 5.91 Å². The highest BCUT2D eigenvalue weighted by atomic mass is 16.3. The fraction of sp³-hybridized carbons (Fsp3) is 0.714. The zero-order chi connectivity index (χ0) is 8.91. The SMILES string of the molecule is CC(C)(O)C(=O)NCCC#N. The van der Waals surface area contributed by atoms with Gasteiger partial charge in [-0.3, -0.25) is 4.79 Å². The first-order valence-electron chi connectivity index (χ1n) is 3.36. The lowest BCUT2D eigenvalue weighted by Crippen LogP contribution is -2.42. The summed E-state index contributed by atoms with van der Waals surface area (Å²) in [6.07, 6.45) is 0.266. The van der Waals surface area contributed by atoms with Gasteiger partial charge in [0.25, 0.3) is 5.91 Å². The predicted octanol–water partition coefficient (Wildman–Crippen LogP) is -0.213. The molecule has 0 heterocycles. The first-order chi connectivity index (χ1) is 4.98. The number of carbonyl (C=O) groups excluding carboxylic acids is 1. The molecule has 0 radical (unpaired) electrons. The lowest BCUT2D eigenvalue weighted by Gasteiger charge is -2.15. The average molecular weight is 156 g/mol. The second kappa shape index (κ2) is 3.94. The molecule has 0 aromatic heterocycles. The van der Waals surface area contributed by atoms with Crippen molar-refractivity contribution in [3.8, 4) is 6.07 Å². The van der Waals surface area contributed by atoms with Crippen molar-refractivity contribution in [3.63, 3.8) is 0 Å². The minimum absolute atomic E-state index is 0.266. The standard InChI is InChI=1S/C7H12N2O2/c1-7(2,11)6(10)9-5-3-4-8/h11H,3,5H2,1-2H3,(H,9,10). The normalized spacial score (nSPS) is 10.4. The Morgan fingerprint density at radius 3 is 2.64 bits per heavy atom. The quantitative estimate of drug-likeness (QED) is 0.555. The molecule has 0 fully saturated rings. The molecule has 1 amide bonds. The number of rotatable bonds is 3. The summed E-state index contributed by atoms with van der Waals surface area (Å²) in [5.74, 6) is -0.451. The van der Waals surface area contributed by atoms with Crippen LogP contribution in [0.1, 0.15) is 20.3 Å². The Morgan fingerprint density at radius 1 is 1.73 bits per heavy atom. The highest BCUT2D eigenvalue weighted by Gasteiger charge is 2.22. The molecule has 0 aromatic carbocycles. The average Bonchev–Trinajstić information content (AvgIpc) is 1.86. The van der Waals surface area contributed by atoms with Crippen LogP contribution in [0.2, 0.25) is 0 Å². The molecule has 4 nitrogen and oxygen atoms in total. The largest absolute Gasteiger partial charge is 0.381 e. The van der Waals surface area contributed by atoms with Gasteiger partial charge in [0.1, 0.15) is 5.60 Å². The van der Waals surface area contributed by atoms with Gasteiger partial charge in [-0.1, -0.05) is 0 Å². The van der Waals surface area contributed by atoms with Gasteiger partial charge in [-0.05, 0) is 13.8 Å². The molecular formula is C7H12N2O2. The van der Waals surface area contributed by atoms with E-state index in [0.717, 1.165) is 0 Å². The number of nitriles is 1. The third-order valence-corrected chi connectivity index (χ3v) is 1.08.